The summed E-state index contributed by atoms with van der Waals surface area (Å²) in [6, 6.07) is 3.01. The molecule has 0 spiro atoms. The van der Waals surface area contributed by atoms with Crippen molar-refractivity contribution >= 4 is 29.2 Å². The number of imide groups is 1. The number of esters is 1. The summed E-state index contributed by atoms with van der Waals surface area (Å²) in [5.41, 5.74) is -0.149. The summed E-state index contributed by atoms with van der Waals surface area (Å²) in [5, 5.41) is 5.37. The normalized spacial score (nSPS) is 31.5. The van der Waals surface area contributed by atoms with Crippen molar-refractivity contribution in [3.63, 3.8) is 0 Å². The minimum Gasteiger partial charge on any atom is -0.451 e. The summed E-state index contributed by atoms with van der Waals surface area (Å²) in [7, 11) is 0. The van der Waals surface area contributed by atoms with Crippen molar-refractivity contribution in [1.82, 2.24) is 10.6 Å². The minimum atomic E-state index is -0.603. The quantitative estimate of drug-likeness (QED) is 0.791. The molecule has 140 valence electrons. The van der Waals surface area contributed by atoms with Crippen LogP contribution in [-0.2, 0) is 9.53 Å². The molecular formula is C19H24N2O4S. The molecule has 3 amide bonds. The fourth-order valence-electron chi connectivity index (χ4n) is 5.44. The van der Waals surface area contributed by atoms with Gasteiger partial charge >= 0.3 is 12.0 Å². The van der Waals surface area contributed by atoms with Crippen molar-refractivity contribution in [2.75, 3.05) is 6.61 Å². The van der Waals surface area contributed by atoms with E-state index in [2.05, 4.69) is 10.6 Å². The number of ether oxygens (including phenoxy) is 1. The van der Waals surface area contributed by atoms with Gasteiger partial charge < -0.3 is 10.1 Å². The Labute approximate surface area is 156 Å². The Kier molecular flexibility index (Phi) is 4.50. The molecule has 0 aliphatic heterocycles. The zero-order valence-corrected chi connectivity index (χ0v) is 15.7. The first kappa shape index (κ1) is 17.5. The Morgan fingerprint density at radius 1 is 1.12 bits per heavy atom. The topological polar surface area (TPSA) is 84.5 Å². The van der Waals surface area contributed by atoms with E-state index >= 15 is 0 Å². The van der Waals surface area contributed by atoms with Gasteiger partial charge in [-0.05, 0) is 75.3 Å². The summed E-state index contributed by atoms with van der Waals surface area (Å²) in [6.45, 7) is 1.44. The maximum atomic E-state index is 12.3. The predicted molar refractivity (Wildman–Crippen MR) is 96.9 cm³/mol. The molecule has 4 saturated carbocycles. The zero-order valence-electron chi connectivity index (χ0n) is 14.9. The summed E-state index contributed by atoms with van der Waals surface area (Å²) >= 11 is 1.31. The highest BCUT2D eigenvalue weighted by Gasteiger charge is 2.51. The minimum absolute atomic E-state index is 0.149. The fourth-order valence-corrected chi connectivity index (χ4v) is 6.21. The zero-order chi connectivity index (χ0) is 18.3. The summed E-state index contributed by atoms with van der Waals surface area (Å²) < 4.78 is 4.98. The number of amides is 3. The van der Waals surface area contributed by atoms with Gasteiger partial charge in [-0.15, -0.1) is 11.3 Å². The van der Waals surface area contributed by atoms with Crippen LogP contribution in [0.15, 0.2) is 12.1 Å². The summed E-state index contributed by atoms with van der Waals surface area (Å²) in [5.74, 6) is 1.00. The van der Waals surface area contributed by atoms with Crippen molar-refractivity contribution in [3.05, 3.63) is 21.9 Å². The van der Waals surface area contributed by atoms with Gasteiger partial charge in [0.05, 0.1) is 0 Å². The molecule has 4 fully saturated rings. The lowest BCUT2D eigenvalue weighted by Gasteiger charge is -2.56. The van der Waals surface area contributed by atoms with Crippen LogP contribution in [0, 0.1) is 24.7 Å². The highest BCUT2D eigenvalue weighted by atomic mass is 32.1. The van der Waals surface area contributed by atoms with E-state index in [1.54, 1.807) is 6.07 Å². The summed E-state index contributed by atoms with van der Waals surface area (Å²) in [6.07, 6.45) is 6.94. The second kappa shape index (κ2) is 6.68. The van der Waals surface area contributed by atoms with Gasteiger partial charge in [0.15, 0.2) is 6.61 Å². The van der Waals surface area contributed by atoms with E-state index in [4.69, 9.17) is 4.74 Å². The van der Waals surface area contributed by atoms with Crippen LogP contribution in [0.4, 0.5) is 4.79 Å². The molecule has 1 aromatic heterocycles. The molecule has 6 nitrogen and oxygen atoms in total. The first-order valence-corrected chi connectivity index (χ1v) is 10.1. The predicted octanol–water partition coefficient (Wildman–Crippen LogP) is 3.01. The number of aryl methyl sites for hydroxylation is 1. The van der Waals surface area contributed by atoms with Crippen LogP contribution in [0.5, 0.6) is 0 Å². The van der Waals surface area contributed by atoms with Crippen molar-refractivity contribution < 1.29 is 19.1 Å². The second-order valence-corrected chi connectivity index (χ2v) is 9.47. The lowest BCUT2D eigenvalue weighted by atomic mass is 9.53. The molecule has 2 N–H and O–H groups in total. The molecular weight excluding hydrogens is 352 g/mol. The average molecular weight is 376 g/mol. The smallest absolute Gasteiger partial charge is 0.348 e. The molecule has 4 aliphatic rings. The third-order valence-corrected chi connectivity index (χ3v) is 6.93. The third kappa shape index (κ3) is 3.63. The molecule has 1 heterocycles. The Morgan fingerprint density at radius 2 is 1.73 bits per heavy atom. The lowest BCUT2D eigenvalue weighted by Crippen LogP contribution is -2.62. The maximum Gasteiger partial charge on any atom is 0.348 e. The van der Waals surface area contributed by atoms with Crippen LogP contribution in [0.25, 0.3) is 0 Å². The van der Waals surface area contributed by atoms with Crippen molar-refractivity contribution in [3.8, 4) is 0 Å². The van der Waals surface area contributed by atoms with E-state index in [1.807, 2.05) is 13.0 Å². The van der Waals surface area contributed by atoms with E-state index in [0.717, 1.165) is 24.1 Å². The number of thiophene rings is 1. The second-order valence-electron chi connectivity index (χ2n) is 8.19. The molecule has 0 aromatic carbocycles. The van der Waals surface area contributed by atoms with Crippen molar-refractivity contribution in [1.29, 1.82) is 0 Å². The summed E-state index contributed by atoms with van der Waals surface area (Å²) in [4.78, 5) is 37.5. The molecule has 26 heavy (non-hydrogen) atoms. The SMILES string of the molecule is Cc1ccc(C(=O)OCC(=O)NC(=O)NC23CC4CC(CC(C4)C2)C3)s1. The molecule has 7 heteroatoms. The van der Waals surface area contributed by atoms with Crippen LogP contribution >= 0.6 is 11.3 Å². The maximum absolute atomic E-state index is 12.3. The fraction of sp³-hybridized carbons (Fsp3) is 0.632. The van der Waals surface area contributed by atoms with Gasteiger partial charge in [-0.3, -0.25) is 10.1 Å². The average Bonchev–Trinajstić information content (AvgIpc) is 2.97. The largest absolute Gasteiger partial charge is 0.451 e. The van der Waals surface area contributed by atoms with Gasteiger partial charge in [0.25, 0.3) is 5.91 Å². The molecule has 5 rings (SSSR count). The molecule has 1 aromatic rings. The number of nitrogens with one attached hydrogen (secondary N) is 2. The number of urea groups is 1. The van der Waals surface area contributed by atoms with E-state index < -0.39 is 24.5 Å². The van der Waals surface area contributed by atoms with E-state index in [0.29, 0.717) is 22.6 Å². The highest BCUT2D eigenvalue weighted by molar-refractivity contribution is 7.13. The van der Waals surface area contributed by atoms with Gasteiger partial charge in [-0.1, -0.05) is 0 Å². The lowest BCUT2D eigenvalue weighted by molar-refractivity contribution is -0.123. The number of rotatable bonds is 4. The number of hydrogen-bond donors (Lipinski definition) is 2. The molecule has 0 saturated heterocycles. The van der Waals surface area contributed by atoms with Crippen molar-refractivity contribution in [2.24, 2.45) is 17.8 Å². The first-order chi connectivity index (χ1) is 12.4. The molecule has 0 unspecified atom stereocenters. The van der Waals surface area contributed by atoms with Crippen LogP contribution in [0.3, 0.4) is 0 Å². The first-order valence-electron chi connectivity index (χ1n) is 9.26. The Balaban J connectivity index is 1.26. The van der Waals surface area contributed by atoms with E-state index in [9.17, 15) is 14.4 Å². The van der Waals surface area contributed by atoms with Crippen LogP contribution in [0.1, 0.15) is 53.1 Å². The van der Waals surface area contributed by atoms with Gasteiger partial charge in [0.1, 0.15) is 4.88 Å². The Bertz CT molecular complexity index is 706. The standard InChI is InChI=1S/C19H24N2O4S/c1-11-2-3-15(26-11)17(23)25-10-16(22)20-18(24)21-19-7-12-4-13(8-19)6-14(5-12)9-19/h2-3,12-14H,4-10H2,1H3,(H2,20,21,22,24). The monoisotopic (exact) mass is 376 g/mol. The van der Waals surface area contributed by atoms with Gasteiger partial charge in [-0.25, -0.2) is 9.59 Å². The van der Waals surface area contributed by atoms with E-state index in [1.165, 1.54) is 30.6 Å². The van der Waals surface area contributed by atoms with Crippen LogP contribution < -0.4 is 10.6 Å². The van der Waals surface area contributed by atoms with E-state index in [-0.39, 0.29) is 5.54 Å². The van der Waals surface area contributed by atoms with Gasteiger partial charge in [-0.2, -0.15) is 0 Å². The molecule has 4 bridgehead atoms. The van der Waals surface area contributed by atoms with Crippen molar-refractivity contribution in [2.45, 2.75) is 51.0 Å². The van der Waals surface area contributed by atoms with Gasteiger partial charge in [0, 0.05) is 10.4 Å². The molecule has 0 atom stereocenters. The Morgan fingerprint density at radius 3 is 2.27 bits per heavy atom. The van der Waals surface area contributed by atoms with Crippen LogP contribution in [-0.4, -0.2) is 30.1 Å². The van der Waals surface area contributed by atoms with Crippen LogP contribution in [0.2, 0.25) is 0 Å². The third-order valence-electron chi connectivity index (χ3n) is 5.95. The number of hydrogen-bond acceptors (Lipinski definition) is 5. The van der Waals surface area contributed by atoms with Gasteiger partial charge in [0.2, 0.25) is 0 Å². The Hall–Kier alpha value is -1.89. The molecule has 4 aliphatic carbocycles. The number of carbonyl (C=O) groups is 3. The highest BCUT2D eigenvalue weighted by Crippen LogP contribution is 2.55. The number of carbonyl (C=O) groups excluding carboxylic acids is 3. The molecule has 0 radical (unpaired) electrons.